The van der Waals surface area contributed by atoms with Crippen molar-refractivity contribution in [2.45, 2.75) is 47.1 Å². The molecule has 6 heteroatoms. The molecule has 1 fully saturated rings. The Morgan fingerprint density at radius 1 is 0.939 bits per heavy atom. The Bertz CT molecular complexity index is 898. The van der Waals surface area contributed by atoms with Gasteiger partial charge >= 0.3 is 6.03 Å². The molecule has 1 saturated heterocycles. The van der Waals surface area contributed by atoms with Gasteiger partial charge in [0.05, 0.1) is 0 Å². The Morgan fingerprint density at radius 2 is 1.58 bits per heavy atom. The number of urea groups is 1. The normalized spacial score (nSPS) is 15.2. The highest BCUT2D eigenvalue weighted by molar-refractivity contribution is 5.89. The minimum atomic E-state index is -0.223. The molecule has 3 amide bonds. The molecule has 0 aromatic heterocycles. The summed E-state index contributed by atoms with van der Waals surface area (Å²) in [4.78, 5) is 29.1. The second-order valence-electron chi connectivity index (χ2n) is 10.3. The molecule has 6 nitrogen and oxygen atoms in total. The molecule has 0 aliphatic carbocycles. The molecule has 33 heavy (non-hydrogen) atoms. The first kappa shape index (κ1) is 24.6. The summed E-state index contributed by atoms with van der Waals surface area (Å²) in [5.41, 5.74) is 3.18. The Kier molecular flexibility index (Phi) is 8.37. The van der Waals surface area contributed by atoms with E-state index in [1.54, 1.807) is 0 Å². The van der Waals surface area contributed by atoms with Crippen LogP contribution < -0.4 is 15.5 Å². The Balaban J connectivity index is 1.42. The molecule has 0 saturated carbocycles. The van der Waals surface area contributed by atoms with Crippen LogP contribution in [-0.4, -0.2) is 43.0 Å². The van der Waals surface area contributed by atoms with Crippen LogP contribution in [0.1, 0.15) is 46.1 Å². The van der Waals surface area contributed by atoms with Gasteiger partial charge in [-0.3, -0.25) is 4.79 Å². The zero-order chi connectivity index (χ0) is 23.8. The van der Waals surface area contributed by atoms with Crippen LogP contribution in [0.2, 0.25) is 0 Å². The maximum atomic E-state index is 12.7. The summed E-state index contributed by atoms with van der Waals surface area (Å²) in [6.07, 6.45) is 1.69. The second-order valence-corrected chi connectivity index (χ2v) is 10.3. The fourth-order valence-corrected chi connectivity index (χ4v) is 4.47. The lowest BCUT2D eigenvalue weighted by molar-refractivity contribution is -0.132. The lowest BCUT2D eigenvalue weighted by Gasteiger charge is -2.37. The maximum absolute atomic E-state index is 12.7. The van der Waals surface area contributed by atoms with E-state index in [-0.39, 0.29) is 17.4 Å². The van der Waals surface area contributed by atoms with Crippen LogP contribution in [0.4, 0.5) is 16.2 Å². The zero-order valence-electron chi connectivity index (χ0n) is 20.4. The van der Waals surface area contributed by atoms with Crippen molar-refractivity contribution in [2.24, 2.45) is 11.3 Å². The first-order chi connectivity index (χ1) is 15.7. The van der Waals surface area contributed by atoms with Crippen LogP contribution in [-0.2, 0) is 11.3 Å². The lowest BCUT2D eigenvalue weighted by Crippen LogP contribution is -2.49. The topological polar surface area (TPSA) is 64.7 Å². The van der Waals surface area contributed by atoms with E-state index in [0.29, 0.717) is 18.9 Å². The molecule has 1 heterocycles. The molecule has 0 radical (unpaired) electrons. The fraction of sp³-hybridized carbons (Fsp3) is 0.481. The minimum Gasteiger partial charge on any atom is -0.368 e. The SMILES string of the molecule is CC(CC(=O)N1CCN(c2ccc(NC(=O)NCc3ccccc3)cc2)CC1)CC(C)(C)C. The number of benzene rings is 2. The minimum absolute atomic E-state index is 0.223. The number of hydrogen-bond acceptors (Lipinski definition) is 3. The van der Waals surface area contributed by atoms with Gasteiger partial charge in [-0.05, 0) is 47.6 Å². The highest BCUT2D eigenvalue weighted by Crippen LogP contribution is 2.27. The summed E-state index contributed by atoms with van der Waals surface area (Å²) >= 11 is 0. The van der Waals surface area contributed by atoms with Gasteiger partial charge in [-0.1, -0.05) is 58.0 Å². The first-order valence-electron chi connectivity index (χ1n) is 11.9. The Hall–Kier alpha value is -3.02. The number of amides is 3. The quantitative estimate of drug-likeness (QED) is 0.615. The van der Waals surface area contributed by atoms with Crippen LogP contribution in [0.3, 0.4) is 0 Å². The molecule has 0 bridgehead atoms. The summed E-state index contributed by atoms with van der Waals surface area (Å²) in [6, 6.07) is 17.5. The molecule has 2 N–H and O–H groups in total. The molecule has 1 unspecified atom stereocenters. The van der Waals surface area contributed by atoms with Crippen molar-refractivity contribution in [2.75, 3.05) is 36.4 Å². The van der Waals surface area contributed by atoms with Gasteiger partial charge in [0.2, 0.25) is 5.91 Å². The molecule has 3 rings (SSSR count). The van der Waals surface area contributed by atoms with E-state index in [2.05, 4.69) is 43.2 Å². The van der Waals surface area contributed by atoms with Gasteiger partial charge in [0.15, 0.2) is 0 Å². The molecule has 0 spiro atoms. The van der Waals surface area contributed by atoms with E-state index in [9.17, 15) is 9.59 Å². The molecular formula is C27H38N4O2. The average molecular weight is 451 g/mol. The molecule has 1 aliphatic heterocycles. The van der Waals surface area contributed by atoms with Gasteiger partial charge in [-0.15, -0.1) is 0 Å². The van der Waals surface area contributed by atoms with Crippen molar-refractivity contribution in [3.63, 3.8) is 0 Å². The number of rotatable bonds is 7. The predicted octanol–water partition coefficient (Wildman–Crippen LogP) is 5.12. The molecule has 1 aliphatic rings. The van der Waals surface area contributed by atoms with Crippen molar-refractivity contribution in [3.8, 4) is 0 Å². The summed E-state index contributed by atoms with van der Waals surface area (Å²) in [5.74, 6) is 0.674. The summed E-state index contributed by atoms with van der Waals surface area (Å²) in [6.45, 7) is 12.5. The number of anilines is 2. The van der Waals surface area contributed by atoms with Crippen LogP contribution in [0, 0.1) is 11.3 Å². The van der Waals surface area contributed by atoms with Gasteiger partial charge in [0, 0.05) is 50.5 Å². The summed E-state index contributed by atoms with van der Waals surface area (Å²) in [5, 5.41) is 5.75. The number of carbonyl (C=O) groups excluding carboxylic acids is 2. The molecule has 2 aromatic carbocycles. The molecule has 2 aromatic rings. The number of nitrogens with zero attached hydrogens (tertiary/aromatic N) is 2. The largest absolute Gasteiger partial charge is 0.368 e. The monoisotopic (exact) mass is 450 g/mol. The third-order valence-corrected chi connectivity index (χ3v) is 5.90. The Labute approximate surface area is 198 Å². The molecular weight excluding hydrogens is 412 g/mol. The van der Waals surface area contributed by atoms with Gasteiger partial charge < -0.3 is 20.4 Å². The van der Waals surface area contributed by atoms with Gasteiger partial charge in [-0.2, -0.15) is 0 Å². The van der Waals surface area contributed by atoms with Crippen LogP contribution in [0.5, 0.6) is 0 Å². The maximum Gasteiger partial charge on any atom is 0.319 e. The summed E-state index contributed by atoms with van der Waals surface area (Å²) < 4.78 is 0. The van der Waals surface area contributed by atoms with Crippen LogP contribution >= 0.6 is 0 Å². The van der Waals surface area contributed by atoms with E-state index < -0.39 is 0 Å². The van der Waals surface area contributed by atoms with E-state index in [1.165, 1.54) is 0 Å². The van der Waals surface area contributed by atoms with Crippen LogP contribution in [0.15, 0.2) is 54.6 Å². The van der Waals surface area contributed by atoms with Gasteiger partial charge in [-0.25, -0.2) is 4.79 Å². The van der Waals surface area contributed by atoms with E-state index in [4.69, 9.17) is 0 Å². The van der Waals surface area contributed by atoms with Gasteiger partial charge in [0.25, 0.3) is 0 Å². The zero-order valence-corrected chi connectivity index (χ0v) is 20.4. The van der Waals surface area contributed by atoms with E-state index in [1.807, 2.05) is 59.5 Å². The van der Waals surface area contributed by atoms with Crippen molar-refractivity contribution >= 4 is 23.3 Å². The van der Waals surface area contributed by atoms with Crippen molar-refractivity contribution in [3.05, 3.63) is 60.2 Å². The van der Waals surface area contributed by atoms with Crippen molar-refractivity contribution in [1.29, 1.82) is 0 Å². The number of carbonyl (C=O) groups is 2. The number of piperazine rings is 1. The number of nitrogens with one attached hydrogen (secondary N) is 2. The van der Waals surface area contributed by atoms with Crippen molar-refractivity contribution in [1.82, 2.24) is 10.2 Å². The number of hydrogen-bond donors (Lipinski definition) is 2. The highest BCUT2D eigenvalue weighted by Gasteiger charge is 2.24. The van der Waals surface area contributed by atoms with E-state index in [0.717, 1.165) is 49.5 Å². The van der Waals surface area contributed by atoms with E-state index >= 15 is 0 Å². The smallest absolute Gasteiger partial charge is 0.319 e. The third kappa shape index (κ3) is 8.12. The third-order valence-electron chi connectivity index (χ3n) is 5.90. The predicted molar refractivity (Wildman–Crippen MR) is 135 cm³/mol. The van der Waals surface area contributed by atoms with Crippen LogP contribution in [0.25, 0.3) is 0 Å². The van der Waals surface area contributed by atoms with Crippen molar-refractivity contribution < 1.29 is 9.59 Å². The molecule has 178 valence electrons. The van der Waals surface area contributed by atoms with Gasteiger partial charge in [0.1, 0.15) is 0 Å². The Morgan fingerprint density at radius 3 is 2.18 bits per heavy atom. The second kappa shape index (κ2) is 11.2. The highest BCUT2D eigenvalue weighted by atomic mass is 16.2. The average Bonchev–Trinajstić information content (AvgIpc) is 2.78. The lowest BCUT2D eigenvalue weighted by atomic mass is 9.84. The summed E-state index contributed by atoms with van der Waals surface area (Å²) in [7, 11) is 0. The molecule has 1 atom stereocenters. The first-order valence-corrected chi connectivity index (χ1v) is 11.9. The standard InChI is InChI=1S/C27H38N4O2/c1-21(19-27(2,3)4)18-25(32)31-16-14-30(15-17-31)24-12-10-23(11-13-24)29-26(33)28-20-22-8-6-5-7-9-22/h5-13,21H,14-20H2,1-4H3,(H2,28,29,33). The fourth-order valence-electron chi connectivity index (χ4n) is 4.47.